The van der Waals surface area contributed by atoms with Crippen LogP contribution in [0.4, 0.5) is 8.78 Å². The summed E-state index contributed by atoms with van der Waals surface area (Å²) in [5.41, 5.74) is 0.0780. The normalized spacial score (nSPS) is 19.3. The van der Waals surface area contributed by atoms with Crippen LogP contribution in [0.3, 0.4) is 0 Å². The molecule has 0 unspecified atom stereocenters. The van der Waals surface area contributed by atoms with Gasteiger partial charge in [0.15, 0.2) is 11.6 Å². The fourth-order valence-corrected chi connectivity index (χ4v) is 2.62. The van der Waals surface area contributed by atoms with Crippen molar-refractivity contribution in [1.82, 2.24) is 4.90 Å². The van der Waals surface area contributed by atoms with Crippen LogP contribution in [-0.2, 0) is 0 Å². The first-order valence-corrected chi connectivity index (χ1v) is 6.40. The van der Waals surface area contributed by atoms with E-state index in [4.69, 9.17) is 5.11 Å². The molecule has 18 heavy (non-hydrogen) atoms. The molecule has 1 heterocycles. The topological polar surface area (TPSA) is 40.5 Å². The summed E-state index contributed by atoms with van der Waals surface area (Å²) in [4.78, 5) is 13.7. The van der Waals surface area contributed by atoms with Gasteiger partial charge in [-0.15, -0.1) is 0 Å². The number of rotatable bonds is 2. The summed E-state index contributed by atoms with van der Waals surface area (Å²) in [5.74, 6) is -2.45. The van der Waals surface area contributed by atoms with E-state index in [0.29, 0.717) is 6.54 Å². The highest BCUT2D eigenvalue weighted by atomic mass is 79.9. The van der Waals surface area contributed by atoms with Crippen LogP contribution in [0.5, 0.6) is 0 Å². The number of benzene rings is 1. The number of aliphatic hydroxyl groups excluding tert-OH is 1. The van der Waals surface area contributed by atoms with Crippen molar-refractivity contribution in [1.29, 1.82) is 0 Å². The Kier molecular flexibility index (Phi) is 3.97. The summed E-state index contributed by atoms with van der Waals surface area (Å²) >= 11 is 3.05. The maximum atomic E-state index is 13.2. The Morgan fingerprint density at radius 2 is 2.11 bits per heavy atom. The zero-order valence-electron chi connectivity index (χ0n) is 9.50. The van der Waals surface area contributed by atoms with Crippen molar-refractivity contribution in [3.8, 4) is 0 Å². The van der Waals surface area contributed by atoms with Crippen LogP contribution >= 0.6 is 15.9 Å². The predicted molar refractivity (Wildman–Crippen MR) is 65.2 cm³/mol. The summed E-state index contributed by atoms with van der Waals surface area (Å²) < 4.78 is 26.4. The number of amides is 1. The lowest BCUT2D eigenvalue weighted by atomic mass is 10.1. The number of hydrogen-bond donors (Lipinski definition) is 1. The number of halogens is 3. The zero-order chi connectivity index (χ0) is 13.3. The molecule has 6 heteroatoms. The van der Waals surface area contributed by atoms with Crippen molar-refractivity contribution in [2.45, 2.75) is 18.9 Å². The number of carbonyl (C=O) groups is 1. The number of likely N-dealkylation sites (tertiary alicyclic amines) is 1. The molecular formula is C12H12BrF2NO2. The Hall–Kier alpha value is -1.01. The van der Waals surface area contributed by atoms with Gasteiger partial charge in [-0.25, -0.2) is 8.78 Å². The van der Waals surface area contributed by atoms with Crippen LogP contribution in [0, 0.1) is 11.6 Å². The molecule has 0 aliphatic carbocycles. The van der Waals surface area contributed by atoms with Gasteiger partial charge in [0.1, 0.15) is 0 Å². The second-order valence-electron chi connectivity index (χ2n) is 4.22. The molecule has 1 aromatic carbocycles. The molecule has 1 saturated heterocycles. The maximum Gasteiger partial charge on any atom is 0.255 e. The Morgan fingerprint density at radius 3 is 2.78 bits per heavy atom. The molecule has 1 aliphatic rings. The lowest BCUT2D eigenvalue weighted by Crippen LogP contribution is -2.37. The molecule has 98 valence electrons. The smallest absolute Gasteiger partial charge is 0.255 e. The Morgan fingerprint density at radius 1 is 1.44 bits per heavy atom. The highest BCUT2D eigenvalue weighted by Crippen LogP contribution is 2.25. The van der Waals surface area contributed by atoms with E-state index in [0.717, 1.165) is 25.0 Å². The molecule has 0 bridgehead atoms. The van der Waals surface area contributed by atoms with E-state index in [9.17, 15) is 13.6 Å². The van der Waals surface area contributed by atoms with Gasteiger partial charge in [0.2, 0.25) is 0 Å². The van der Waals surface area contributed by atoms with Crippen LogP contribution in [0.2, 0.25) is 0 Å². The average molecular weight is 320 g/mol. The van der Waals surface area contributed by atoms with Gasteiger partial charge in [-0.05, 0) is 40.9 Å². The fraction of sp³-hybridized carbons (Fsp3) is 0.417. The van der Waals surface area contributed by atoms with E-state index < -0.39 is 17.5 Å². The summed E-state index contributed by atoms with van der Waals surface area (Å²) in [7, 11) is 0. The SMILES string of the molecule is O=C(c1cc(F)c(F)cc1Br)N1CCC[C@@H]1CO. The third-order valence-corrected chi connectivity index (χ3v) is 3.75. The average Bonchev–Trinajstić information content (AvgIpc) is 2.81. The van der Waals surface area contributed by atoms with Crippen molar-refractivity contribution in [2.75, 3.05) is 13.2 Å². The summed E-state index contributed by atoms with van der Waals surface area (Å²) in [6, 6.07) is 1.58. The number of hydrogen-bond acceptors (Lipinski definition) is 2. The van der Waals surface area contributed by atoms with E-state index in [1.807, 2.05) is 0 Å². The Bertz CT molecular complexity index is 481. The first-order chi connectivity index (χ1) is 8.54. The van der Waals surface area contributed by atoms with Crippen molar-refractivity contribution in [2.24, 2.45) is 0 Å². The monoisotopic (exact) mass is 319 g/mol. The number of carbonyl (C=O) groups excluding carboxylic acids is 1. The van der Waals surface area contributed by atoms with Crippen molar-refractivity contribution >= 4 is 21.8 Å². The van der Waals surface area contributed by atoms with Crippen LogP contribution < -0.4 is 0 Å². The first kappa shape index (κ1) is 13.4. The zero-order valence-corrected chi connectivity index (χ0v) is 11.1. The van der Waals surface area contributed by atoms with Crippen LogP contribution in [0.1, 0.15) is 23.2 Å². The van der Waals surface area contributed by atoms with E-state index in [1.54, 1.807) is 0 Å². The summed E-state index contributed by atoms with van der Waals surface area (Å²) in [6.45, 7) is 0.405. The third-order valence-electron chi connectivity index (χ3n) is 3.09. The Labute approximate surface area is 112 Å². The van der Waals surface area contributed by atoms with Crippen molar-refractivity contribution in [3.05, 3.63) is 33.8 Å². The molecule has 1 atom stereocenters. The van der Waals surface area contributed by atoms with Gasteiger partial charge in [-0.1, -0.05) is 0 Å². The lowest BCUT2D eigenvalue weighted by molar-refractivity contribution is 0.0676. The van der Waals surface area contributed by atoms with E-state index in [1.165, 1.54) is 4.90 Å². The fourth-order valence-electron chi connectivity index (χ4n) is 2.13. The highest BCUT2D eigenvalue weighted by Gasteiger charge is 2.30. The van der Waals surface area contributed by atoms with Gasteiger partial charge in [-0.2, -0.15) is 0 Å². The van der Waals surface area contributed by atoms with E-state index in [2.05, 4.69) is 15.9 Å². The van der Waals surface area contributed by atoms with Gasteiger partial charge in [0, 0.05) is 11.0 Å². The minimum absolute atomic E-state index is 0.0780. The van der Waals surface area contributed by atoms with Gasteiger partial charge >= 0.3 is 0 Å². The van der Waals surface area contributed by atoms with E-state index in [-0.39, 0.29) is 22.7 Å². The van der Waals surface area contributed by atoms with Gasteiger partial charge in [0.25, 0.3) is 5.91 Å². The molecule has 2 rings (SSSR count). The molecule has 1 fully saturated rings. The summed E-state index contributed by atoms with van der Waals surface area (Å²) in [6.07, 6.45) is 1.53. The van der Waals surface area contributed by atoms with Crippen molar-refractivity contribution < 1.29 is 18.7 Å². The molecule has 0 aromatic heterocycles. The maximum absolute atomic E-state index is 13.2. The van der Waals surface area contributed by atoms with Crippen molar-refractivity contribution in [3.63, 3.8) is 0 Å². The second-order valence-corrected chi connectivity index (χ2v) is 5.08. The predicted octanol–water partition coefficient (Wildman–Crippen LogP) is 2.32. The molecule has 0 spiro atoms. The molecular weight excluding hydrogens is 308 g/mol. The quantitative estimate of drug-likeness (QED) is 0.850. The van der Waals surface area contributed by atoms with Gasteiger partial charge in [0.05, 0.1) is 18.2 Å². The van der Waals surface area contributed by atoms with Crippen LogP contribution in [0.25, 0.3) is 0 Å². The molecule has 1 N–H and O–H groups in total. The highest BCUT2D eigenvalue weighted by molar-refractivity contribution is 9.10. The van der Waals surface area contributed by atoms with E-state index >= 15 is 0 Å². The minimum atomic E-state index is -1.05. The lowest BCUT2D eigenvalue weighted by Gasteiger charge is -2.23. The minimum Gasteiger partial charge on any atom is -0.394 e. The summed E-state index contributed by atoms with van der Waals surface area (Å²) in [5, 5.41) is 9.16. The molecule has 0 radical (unpaired) electrons. The molecule has 3 nitrogen and oxygen atoms in total. The molecule has 1 aromatic rings. The molecule has 1 aliphatic heterocycles. The largest absolute Gasteiger partial charge is 0.394 e. The molecule has 0 saturated carbocycles. The first-order valence-electron chi connectivity index (χ1n) is 5.61. The van der Waals surface area contributed by atoms with Gasteiger partial charge < -0.3 is 10.0 Å². The standard InChI is InChI=1S/C12H12BrF2NO2/c13-9-5-11(15)10(14)4-8(9)12(18)16-3-1-2-7(16)6-17/h4-5,7,17H,1-3,6H2/t7-/m1/s1. The number of nitrogens with zero attached hydrogens (tertiary/aromatic N) is 1. The van der Waals surface area contributed by atoms with Crippen LogP contribution in [0.15, 0.2) is 16.6 Å². The van der Waals surface area contributed by atoms with Gasteiger partial charge in [-0.3, -0.25) is 4.79 Å². The second kappa shape index (κ2) is 5.32. The Balaban J connectivity index is 2.31. The third kappa shape index (κ3) is 2.40. The number of aliphatic hydroxyl groups is 1. The molecule has 1 amide bonds. The van der Waals surface area contributed by atoms with Crippen LogP contribution in [-0.4, -0.2) is 35.1 Å².